The minimum Gasteiger partial charge on any atom is -0.299 e. The van der Waals surface area contributed by atoms with Gasteiger partial charge in [-0.15, -0.1) is 0 Å². The van der Waals surface area contributed by atoms with E-state index in [-0.39, 0.29) is 5.54 Å². The van der Waals surface area contributed by atoms with E-state index in [1.165, 1.54) is 5.56 Å². The average molecular weight is 243 g/mol. The first-order valence-corrected chi connectivity index (χ1v) is 6.51. The Morgan fingerprint density at radius 1 is 1.22 bits per heavy atom. The highest BCUT2D eigenvalue weighted by atomic mass is 15.2. The Balaban J connectivity index is 1.93. The smallest absolute Gasteiger partial charge is 0.111 e. The van der Waals surface area contributed by atoms with Gasteiger partial charge in [-0.1, -0.05) is 30.3 Å². The van der Waals surface area contributed by atoms with Crippen LogP contribution < -0.4 is 0 Å². The van der Waals surface area contributed by atoms with Crippen LogP contribution in [0.15, 0.2) is 30.3 Å². The molecule has 1 aromatic carbocycles. The van der Waals surface area contributed by atoms with Crippen molar-refractivity contribution in [3.05, 3.63) is 35.9 Å². The van der Waals surface area contributed by atoms with Crippen LogP contribution in [0.3, 0.4) is 0 Å². The molecule has 1 fully saturated rings. The van der Waals surface area contributed by atoms with Crippen molar-refractivity contribution < 1.29 is 0 Å². The fraction of sp³-hybridized carbons (Fsp3) is 0.533. The van der Waals surface area contributed by atoms with Crippen molar-refractivity contribution in [2.45, 2.75) is 24.9 Å². The third kappa shape index (κ3) is 2.72. The average Bonchev–Trinajstić information content (AvgIpc) is 2.41. The van der Waals surface area contributed by atoms with Gasteiger partial charge in [-0.3, -0.25) is 9.80 Å². The lowest BCUT2D eigenvalue weighted by Gasteiger charge is -2.41. The van der Waals surface area contributed by atoms with Gasteiger partial charge in [-0.05, 0) is 32.5 Å². The van der Waals surface area contributed by atoms with Gasteiger partial charge in [0.25, 0.3) is 0 Å². The Bertz CT molecular complexity index is 411. The summed E-state index contributed by atoms with van der Waals surface area (Å²) in [6.07, 6.45) is 1.87. The standard InChI is InChI=1S/C15H21N3/c1-17(2)15(13-16)8-10-18(11-9-15)12-14-6-4-3-5-7-14/h3-7H,8-12H2,1-2H3. The van der Waals surface area contributed by atoms with Gasteiger partial charge < -0.3 is 0 Å². The highest BCUT2D eigenvalue weighted by Crippen LogP contribution is 2.27. The van der Waals surface area contributed by atoms with Crippen molar-refractivity contribution >= 4 is 0 Å². The molecule has 0 unspecified atom stereocenters. The Morgan fingerprint density at radius 3 is 2.33 bits per heavy atom. The number of benzene rings is 1. The van der Waals surface area contributed by atoms with E-state index >= 15 is 0 Å². The summed E-state index contributed by atoms with van der Waals surface area (Å²) in [5.74, 6) is 0. The van der Waals surface area contributed by atoms with Gasteiger partial charge in [0.05, 0.1) is 6.07 Å². The first-order chi connectivity index (χ1) is 8.66. The Kier molecular flexibility index (Phi) is 4.00. The van der Waals surface area contributed by atoms with Crippen molar-refractivity contribution in [2.75, 3.05) is 27.2 Å². The van der Waals surface area contributed by atoms with Gasteiger partial charge >= 0.3 is 0 Å². The van der Waals surface area contributed by atoms with Gasteiger partial charge in [-0.25, -0.2) is 0 Å². The molecular weight excluding hydrogens is 222 g/mol. The van der Waals surface area contributed by atoms with E-state index in [1.807, 2.05) is 20.2 Å². The van der Waals surface area contributed by atoms with Crippen LogP contribution in [-0.2, 0) is 6.54 Å². The van der Waals surface area contributed by atoms with Gasteiger partial charge in [0.15, 0.2) is 0 Å². The molecule has 1 heterocycles. The van der Waals surface area contributed by atoms with Crippen LogP contribution in [0.1, 0.15) is 18.4 Å². The van der Waals surface area contributed by atoms with E-state index in [0.29, 0.717) is 0 Å². The summed E-state index contributed by atoms with van der Waals surface area (Å²) in [7, 11) is 4.02. The number of likely N-dealkylation sites (tertiary alicyclic amines) is 1. The van der Waals surface area contributed by atoms with Crippen molar-refractivity contribution in [3.8, 4) is 6.07 Å². The quantitative estimate of drug-likeness (QED) is 0.814. The van der Waals surface area contributed by atoms with E-state index in [4.69, 9.17) is 0 Å². The van der Waals surface area contributed by atoms with Crippen LogP contribution in [0.2, 0.25) is 0 Å². The molecule has 0 aliphatic carbocycles. The molecule has 2 rings (SSSR count). The van der Waals surface area contributed by atoms with Crippen LogP contribution in [0, 0.1) is 11.3 Å². The van der Waals surface area contributed by atoms with E-state index in [2.05, 4.69) is 40.1 Å². The first kappa shape index (κ1) is 13.1. The number of hydrogen-bond acceptors (Lipinski definition) is 3. The zero-order valence-corrected chi connectivity index (χ0v) is 11.3. The lowest BCUT2D eigenvalue weighted by Crippen LogP contribution is -2.51. The molecule has 1 aromatic rings. The lowest BCUT2D eigenvalue weighted by atomic mass is 9.87. The summed E-state index contributed by atoms with van der Waals surface area (Å²) >= 11 is 0. The summed E-state index contributed by atoms with van der Waals surface area (Å²) < 4.78 is 0. The summed E-state index contributed by atoms with van der Waals surface area (Å²) in [6.45, 7) is 3.00. The van der Waals surface area contributed by atoms with Crippen molar-refractivity contribution in [3.63, 3.8) is 0 Å². The Hall–Kier alpha value is -1.37. The monoisotopic (exact) mass is 243 g/mol. The second-order valence-electron chi connectivity index (χ2n) is 5.30. The van der Waals surface area contributed by atoms with E-state index < -0.39 is 0 Å². The second-order valence-corrected chi connectivity index (χ2v) is 5.30. The molecular formula is C15H21N3. The third-order valence-corrected chi connectivity index (χ3v) is 4.00. The predicted octanol–water partition coefficient (Wildman–Crippen LogP) is 2.11. The zero-order valence-electron chi connectivity index (χ0n) is 11.3. The molecule has 0 bridgehead atoms. The SMILES string of the molecule is CN(C)C1(C#N)CCN(Cc2ccccc2)CC1. The largest absolute Gasteiger partial charge is 0.299 e. The number of hydrogen-bond donors (Lipinski definition) is 0. The molecule has 1 saturated heterocycles. The van der Waals surface area contributed by atoms with Crippen LogP contribution in [0.5, 0.6) is 0 Å². The number of rotatable bonds is 3. The van der Waals surface area contributed by atoms with Crippen LogP contribution in [0.4, 0.5) is 0 Å². The number of nitriles is 1. The normalized spacial score (nSPS) is 19.7. The summed E-state index contributed by atoms with van der Waals surface area (Å²) in [4.78, 5) is 4.52. The molecule has 0 radical (unpaired) electrons. The van der Waals surface area contributed by atoms with Crippen molar-refractivity contribution in [1.82, 2.24) is 9.80 Å². The van der Waals surface area contributed by atoms with Crippen molar-refractivity contribution in [1.29, 1.82) is 5.26 Å². The van der Waals surface area contributed by atoms with Crippen molar-refractivity contribution in [2.24, 2.45) is 0 Å². The van der Waals surface area contributed by atoms with Gasteiger partial charge in [0.1, 0.15) is 5.54 Å². The minimum atomic E-state index is -0.257. The molecule has 0 aromatic heterocycles. The highest BCUT2D eigenvalue weighted by molar-refractivity contribution is 5.15. The summed E-state index contributed by atoms with van der Waals surface area (Å²) in [5, 5.41) is 9.38. The fourth-order valence-corrected chi connectivity index (χ4v) is 2.58. The fourth-order valence-electron chi connectivity index (χ4n) is 2.58. The maximum Gasteiger partial charge on any atom is 0.111 e. The van der Waals surface area contributed by atoms with Gasteiger partial charge in [0, 0.05) is 19.6 Å². The predicted molar refractivity (Wildman–Crippen MR) is 73.0 cm³/mol. The van der Waals surface area contributed by atoms with E-state index in [0.717, 1.165) is 32.5 Å². The minimum absolute atomic E-state index is 0.257. The summed E-state index contributed by atoms with van der Waals surface area (Å²) in [5.41, 5.74) is 1.10. The second kappa shape index (κ2) is 5.51. The molecule has 0 spiro atoms. The molecule has 3 heteroatoms. The molecule has 0 N–H and O–H groups in total. The van der Waals surface area contributed by atoms with Crippen LogP contribution >= 0.6 is 0 Å². The molecule has 1 aliphatic heterocycles. The molecule has 0 saturated carbocycles. The van der Waals surface area contributed by atoms with Gasteiger partial charge in [0.2, 0.25) is 0 Å². The lowest BCUT2D eigenvalue weighted by molar-refractivity contribution is 0.0944. The molecule has 0 amide bonds. The number of nitrogens with zero attached hydrogens (tertiary/aromatic N) is 3. The third-order valence-electron chi connectivity index (χ3n) is 4.00. The Morgan fingerprint density at radius 2 is 1.83 bits per heavy atom. The van der Waals surface area contributed by atoms with Gasteiger partial charge in [-0.2, -0.15) is 5.26 Å². The number of piperidine rings is 1. The van der Waals surface area contributed by atoms with E-state index in [9.17, 15) is 5.26 Å². The molecule has 3 nitrogen and oxygen atoms in total. The maximum absolute atomic E-state index is 9.38. The molecule has 1 aliphatic rings. The molecule has 96 valence electrons. The molecule has 0 atom stereocenters. The maximum atomic E-state index is 9.38. The zero-order chi connectivity index (χ0) is 13.0. The Labute approximate surface area is 110 Å². The van der Waals surface area contributed by atoms with E-state index in [1.54, 1.807) is 0 Å². The first-order valence-electron chi connectivity index (χ1n) is 6.51. The highest BCUT2D eigenvalue weighted by Gasteiger charge is 2.36. The topological polar surface area (TPSA) is 30.3 Å². The van der Waals surface area contributed by atoms with Crippen LogP contribution in [0.25, 0.3) is 0 Å². The molecule has 18 heavy (non-hydrogen) atoms. The summed E-state index contributed by atoms with van der Waals surface area (Å²) in [6, 6.07) is 13.0. The van der Waals surface area contributed by atoms with Crippen LogP contribution in [-0.4, -0.2) is 42.5 Å².